The van der Waals surface area contributed by atoms with E-state index in [1.54, 1.807) is 26.0 Å². The average molecular weight is 562 g/mol. The molecule has 1 aromatic rings. The molecule has 0 spiro atoms. The number of hydrogen-bond acceptors (Lipinski definition) is 4. The van der Waals surface area contributed by atoms with Crippen molar-refractivity contribution in [2.75, 3.05) is 0 Å². The summed E-state index contributed by atoms with van der Waals surface area (Å²) in [5.41, 5.74) is 0.101. The number of esters is 2. The molecule has 118 valence electrons. The molecule has 0 aromatic heterocycles. The van der Waals surface area contributed by atoms with Crippen LogP contribution in [0.15, 0.2) is 42.6 Å². The molecule has 0 aliphatic rings. The van der Waals surface area contributed by atoms with Gasteiger partial charge in [-0.2, -0.15) is 0 Å². The maximum Gasteiger partial charge on any atom is 0.345 e. The van der Waals surface area contributed by atoms with Crippen LogP contribution in [0, 0.1) is 0 Å². The van der Waals surface area contributed by atoms with E-state index < -0.39 is 11.9 Å². The molecule has 0 amide bonds. The third-order valence-corrected chi connectivity index (χ3v) is 7.07. The van der Waals surface area contributed by atoms with Crippen LogP contribution in [0.1, 0.15) is 34.6 Å². The van der Waals surface area contributed by atoms with E-state index in [4.69, 9.17) is 9.47 Å². The number of carbonyl (C=O) groups is 2. The molecule has 0 N–H and O–H groups in total. The van der Waals surface area contributed by atoms with Gasteiger partial charge in [-0.05, 0) is 77.6 Å². The Kier molecular flexibility index (Phi) is 8.02. The minimum Gasteiger partial charge on any atom is -0.431 e. The fourth-order valence-electron chi connectivity index (χ4n) is 1.39. The van der Waals surface area contributed by atoms with Gasteiger partial charge in [0.05, 0.1) is 23.7 Å². The van der Waals surface area contributed by atoms with E-state index in [0.29, 0.717) is 17.9 Å². The minimum absolute atomic E-state index is 0.0505. The Labute approximate surface area is 161 Å². The summed E-state index contributed by atoms with van der Waals surface area (Å²) in [6.45, 7) is 3.41. The number of hydrogen-bond donors (Lipinski definition) is 0. The topological polar surface area (TPSA) is 52.6 Å². The first-order valence-corrected chi connectivity index (χ1v) is 9.04. The lowest BCUT2D eigenvalue weighted by Gasteiger charge is -2.14. The van der Waals surface area contributed by atoms with Gasteiger partial charge in [-0.15, -0.1) is 0 Å². The predicted molar refractivity (Wildman–Crippen MR) is 97.7 cm³/mol. The second kappa shape index (κ2) is 9.00. The van der Waals surface area contributed by atoms with Gasteiger partial charge in [0, 0.05) is 17.9 Å². The molecule has 0 aliphatic carbocycles. The summed E-state index contributed by atoms with van der Waals surface area (Å²) in [5, 5.41) is 0. The van der Waals surface area contributed by atoms with E-state index in [0.717, 1.165) is 0 Å². The Hall–Kier alpha value is -0.440. The van der Waals surface area contributed by atoms with Crippen molar-refractivity contribution in [3.8, 4) is 0 Å². The second-order valence-electron chi connectivity index (χ2n) is 3.76. The number of allylic oxidation sites excluding steroid dienone is 2. The third-order valence-electron chi connectivity index (χ3n) is 2.30. The maximum absolute atomic E-state index is 12.3. The maximum atomic E-state index is 12.3. The number of rotatable bonds is 4. The van der Waals surface area contributed by atoms with Crippen molar-refractivity contribution in [2.45, 2.75) is 13.8 Å². The lowest BCUT2D eigenvalue weighted by Crippen LogP contribution is -2.14. The van der Waals surface area contributed by atoms with Gasteiger partial charge >= 0.3 is 11.9 Å². The molecule has 22 heavy (non-hydrogen) atoms. The van der Waals surface area contributed by atoms with Gasteiger partial charge in [0.15, 0.2) is 0 Å². The summed E-state index contributed by atoms with van der Waals surface area (Å²) >= 11 is 13.3. The molecule has 1 rings (SSSR count). The van der Waals surface area contributed by atoms with Crippen molar-refractivity contribution in [1.29, 1.82) is 0 Å². The molecule has 0 atom stereocenters. The molecule has 0 saturated carbocycles. The van der Waals surface area contributed by atoms with Crippen LogP contribution in [-0.4, -0.2) is 11.9 Å². The van der Waals surface area contributed by atoms with Crippen molar-refractivity contribution in [3.63, 3.8) is 0 Å². The van der Waals surface area contributed by atoms with Crippen LogP contribution in [0.2, 0.25) is 0 Å². The fourth-order valence-corrected chi connectivity index (χ4v) is 3.83. The first kappa shape index (κ1) is 19.6. The summed E-state index contributed by atoms with van der Waals surface area (Å²) in [5.74, 6) is -1.38. The van der Waals surface area contributed by atoms with E-state index in [-0.39, 0.29) is 11.1 Å². The molecular weight excluding hydrogens is 552 g/mol. The molecule has 0 fully saturated rings. The van der Waals surface area contributed by atoms with Crippen LogP contribution in [0.4, 0.5) is 0 Å². The SMILES string of the molecule is CC=COC(=O)c1c(Br)c(Br)c(Br)c(Br)c1C(=O)OC=CC. The molecule has 0 heterocycles. The molecule has 4 nitrogen and oxygen atoms in total. The van der Waals surface area contributed by atoms with E-state index in [2.05, 4.69) is 63.7 Å². The zero-order valence-corrected chi connectivity index (χ0v) is 17.8. The van der Waals surface area contributed by atoms with E-state index in [1.165, 1.54) is 12.5 Å². The zero-order valence-electron chi connectivity index (χ0n) is 11.5. The van der Waals surface area contributed by atoms with Crippen LogP contribution >= 0.6 is 63.7 Å². The van der Waals surface area contributed by atoms with Crippen LogP contribution in [0.5, 0.6) is 0 Å². The normalized spacial score (nSPS) is 11.2. The highest BCUT2D eigenvalue weighted by Gasteiger charge is 2.29. The highest BCUT2D eigenvalue weighted by Crippen LogP contribution is 2.42. The van der Waals surface area contributed by atoms with E-state index >= 15 is 0 Å². The first-order chi connectivity index (χ1) is 10.4. The molecule has 8 heteroatoms. The van der Waals surface area contributed by atoms with Gasteiger partial charge in [-0.1, -0.05) is 12.2 Å². The average Bonchev–Trinajstić information content (AvgIpc) is 2.51. The highest BCUT2D eigenvalue weighted by molar-refractivity contribution is 9.15. The van der Waals surface area contributed by atoms with Crippen molar-refractivity contribution >= 4 is 75.7 Å². The van der Waals surface area contributed by atoms with Crippen LogP contribution in [-0.2, 0) is 9.47 Å². The Morgan fingerprint density at radius 2 is 1.05 bits per heavy atom. The van der Waals surface area contributed by atoms with Crippen molar-refractivity contribution < 1.29 is 19.1 Å². The summed E-state index contributed by atoms with van der Waals surface area (Å²) in [6.07, 6.45) is 5.60. The first-order valence-electron chi connectivity index (χ1n) is 5.87. The molecule has 0 saturated heterocycles. The molecular formula is C14H10Br4O4. The van der Waals surface area contributed by atoms with Gasteiger partial charge < -0.3 is 9.47 Å². The van der Waals surface area contributed by atoms with E-state index in [9.17, 15) is 9.59 Å². The van der Waals surface area contributed by atoms with Gasteiger partial charge in [0.1, 0.15) is 0 Å². The third kappa shape index (κ3) is 4.31. The molecule has 0 aliphatic heterocycles. The van der Waals surface area contributed by atoms with Gasteiger partial charge in [0.25, 0.3) is 0 Å². The number of carbonyl (C=O) groups excluding carboxylic acids is 2. The Bertz CT molecular complexity index is 609. The van der Waals surface area contributed by atoms with Crippen LogP contribution < -0.4 is 0 Å². The highest BCUT2D eigenvalue weighted by atomic mass is 79.9. The summed E-state index contributed by atoms with van der Waals surface area (Å²) < 4.78 is 11.8. The van der Waals surface area contributed by atoms with Crippen molar-refractivity contribution in [2.24, 2.45) is 0 Å². The Morgan fingerprint density at radius 3 is 1.32 bits per heavy atom. The van der Waals surface area contributed by atoms with Crippen molar-refractivity contribution in [3.05, 3.63) is 53.7 Å². The lowest BCUT2D eigenvalue weighted by molar-refractivity contribution is 0.0616. The quantitative estimate of drug-likeness (QED) is 0.192. The van der Waals surface area contributed by atoms with Crippen LogP contribution in [0.25, 0.3) is 0 Å². The van der Waals surface area contributed by atoms with E-state index in [1.807, 2.05) is 0 Å². The van der Waals surface area contributed by atoms with Crippen LogP contribution in [0.3, 0.4) is 0 Å². The number of benzene rings is 1. The van der Waals surface area contributed by atoms with Gasteiger partial charge in [0.2, 0.25) is 0 Å². The standard InChI is InChI=1S/C14H10Br4O4/c1-3-5-21-13(19)7-8(14(20)22-6-4-2)10(16)12(18)11(17)9(7)15/h3-6H,1-2H3. The molecule has 0 radical (unpaired) electrons. The number of ether oxygens (including phenoxy) is 2. The Morgan fingerprint density at radius 1 is 0.727 bits per heavy atom. The van der Waals surface area contributed by atoms with Crippen molar-refractivity contribution in [1.82, 2.24) is 0 Å². The minimum atomic E-state index is -0.689. The predicted octanol–water partition coefficient (Wildman–Crippen LogP) is 6.12. The smallest absolute Gasteiger partial charge is 0.345 e. The number of halogens is 4. The van der Waals surface area contributed by atoms with Gasteiger partial charge in [-0.25, -0.2) is 9.59 Å². The summed E-state index contributed by atoms with van der Waals surface area (Å²) in [4.78, 5) is 24.5. The monoisotopic (exact) mass is 558 g/mol. The fraction of sp³-hybridized carbons (Fsp3) is 0.143. The second-order valence-corrected chi connectivity index (χ2v) is 6.93. The Balaban J connectivity index is 3.57. The molecule has 0 bridgehead atoms. The largest absolute Gasteiger partial charge is 0.431 e. The lowest BCUT2D eigenvalue weighted by atomic mass is 10.1. The molecule has 0 unspecified atom stereocenters. The summed E-state index contributed by atoms with van der Waals surface area (Å²) in [7, 11) is 0. The van der Waals surface area contributed by atoms with Gasteiger partial charge in [-0.3, -0.25) is 0 Å². The summed E-state index contributed by atoms with van der Waals surface area (Å²) in [6, 6.07) is 0. The zero-order chi connectivity index (χ0) is 16.9. The molecule has 1 aromatic carbocycles.